The molecule has 3 rings (SSSR count). The van der Waals surface area contributed by atoms with Gasteiger partial charge in [-0.05, 0) is 17.7 Å². The van der Waals surface area contributed by atoms with Crippen LogP contribution >= 0.6 is 0 Å². The van der Waals surface area contributed by atoms with Crippen LogP contribution in [0.4, 0.5) is 17.2 Å². The van der Waals surface area contributed by atoms with Crippen LogP contribution in [0.5, 0.6) is 0 Å². The molecule has 0 aliphatic heterocycles. The van der Waals surface area contributed by atoms with E-state index in [4.69, 9.17) is 4.55 Å². The maximum Gasteiger partial charge on any atom is 0.357 e. The number of nitrogens with zero attached hydrogens (tertiary/aromatic N) is 3. The van der Waals surface area contributed by atoms with Crippen molar-refractivity contribution in [3.63, 3.8) is 0 Å². The van der Waals surface area contributed by atoms with Crippen LogP contribution in [-0.4, -0.2) is 34.8 Å². The van der Waals surface area contributed by atoms with Crippen LogP contribution in [0, 0.1) is 0 Å². The van der Waals surface area contributed by atoms with Gasteiger partial charge in [0, 0.05) is 26.7 Å². The quantitative estimate of drug-likeness (QED) is 0.494. The second kappa shape index (κ2) is 6.57. The summed E-state index contributed by atoms with van der Waals surface area (Å²) in [6.07, 6.45) is 1.75. The molecule has 0 amide bonds. The highest BCUT2D eigenvalue weighted by Gasteiger charge is 2.09. The second-order valence-corrected chi connectivity index (χ2v) is 6.59. The Morgan fingerprint density at radius 2 is 1.96 bits per heavy atom. The van der Waals surface area contributed by atoms with E-state index < -0.39 is 10.3 Å². The highest BCUT2D eigenvalue weighted by molar-refractivity contribution is 7.87. The molecule has 2 aromatic heterocycles. The third kappa shape index (κ3) is 3.98. The van der Waals surface area contributed by atoms with Crippen LogP contribution in [0.3, 0.4) is 0 Å². The first kappa shape index (κ1) is 17.0. The Morgan fingerprint density at radius 3 is 2.60 bits per heavy atom. The van der Waals surface area contributed by atoms with Crippen molar-refractivity contribution in [3.8, 4) is 0 Å². The fraction of sp³-hybridized carbons (Fsp3) is 0.200. The average molecular weight is 362 g/mol. The van der Waals surface area contributed by atoms with Crippen molar-refractivity contribution in [2.45, 2.75) is 6.54 Å². The third-order valence-corrected chi connectivity index (χ3v) is 4.14. The van der Waals surface area contributed by atoms with Crippen LogP contribution in [0.25, 0.3) is 11.0 Å². The lowest BCUT2D eigenvalue weighted by Gasteiger charge is -2.10. The van der Waals surface area contributed by atoms with E-state index in [2.05, 4.69) is 20.7 Å². The van der Waals surface area contributed by atoms with Crippen LogP contribution in [0.15, 0.2) is 36.5 Å². The molecule has 0 fully saturated rings. The molecule has 0 aliphatic rings. The number of nitrogens with one attached hydrogen (secondary N) is 3. The number of benzene rings is 1. The summed E-state index contributed by atoms with van der Waals surface area (Å²) in [7, 11) is -0.630. The molecule has 10 heteroatoms. The Morgan fingerprint density at radius 1 is 1.24 bits per heavy atom. The van der Waals surface area contributed by atoms with E-state index in [1.165, 1.54) is 0 Å². The van der Waals surface area contributed by atoms with Gasteiger partial charge in [0.1, 0.15) is 5.82 Å². The summed E-state index contributed by atoms with van der Waals surface area (Å²) in [5.41, 5.74) is 2.90. The van der Waals surface area contributed by atoms with Crippen molar-refractivity contribution >= 4 is 38.5 Å². The molecule has 2 heterocycles. The van der Waals surface area contributed by atoms with Gasteiger partial charge in [0.15, 0.2) is 5.65 Å². The predicted molar refractivity (Wildman–Crippen MR) is 97.0 cm³/mol. The number of hydrogen-bond donors (Lipinski definition) is 4. The van der Waals surface area contributed by atoms with Gasteiger partial charge in [-0.1, -0.05) is 12.1 Å². The monoisotopic (exact) mass is 362 g/mol. The summed E-state index contributed by atoms with van der Waals surface area (Å²) in [6, 6.07) is 8.59. The average Bonchev–Trinajstić information content (AvgIpc) is 2.94. The van der Waals surface area contributed by atoms with Crippen molar-refractivity contribution in [3.05, 3.63) is 42.1 Å². The molecule has 25 heavy (non-hydrogen) atoms. The van der Waals surface area contributed by atoms with E-state index in [1.54, 1.807) is 42.2 Å². The predicted octanol–water partition coefficient (Wildman–Crippen LogP) is 1.84. The highest BCUT2D eigenvalue weighted by atomic mass is 32.2. The van der Waals surface area contributed by atoms with E-state index in [0.717, 1.165) is 28.1 Å². The van der Waals surface area contributed by atoms with Crippen LogP contribution in [-0.2, 0) is 23.9 Å². The zero-order chi connectivity index (χ0) is 18.0. The van der Waals surface area contributed by atoms with E-state index in [9.17, 15) is 8.42 Å². The van der Waals surface area contributed by atoms with E-state index in [-0.39, 0.29) is 0 Å². The van der Waals surface area contributed by atoms with E-state index in [0.29, 0.717) is 12.2 Å². The molecule has 0 aliphatic carbocycles. The van der Waals surface area contributed by atoms with Gasteiger partial charge in [-0.2, -0.15) is 13.5 Å². The Balaban J connectivity index is 1.78. The molecule has 4 N–H and O–H groups in total. The van der Waals surface area contributed by atoms with Crippen molar-refractivity contribution in [2.24, 2.45) is 7.05 Å². The molecular weight excluding hydrogens is 344 g/mol. The molecule has 0 saturated heterocycles. The lowest BCUT2D eigenvalue weighted by atomic mass is 10.2. The topological polar surface area (TPSA) is 121 Å². The Kier molecular flexibility index (Phi) is 4.47. The van der Waals surface area contributed by atoms with Crippen LogP contribution in [0.2, 0.25) is 0 Å². The summed E-state index contributed by atoms with van der Waals surface area (Å²) >= 11 is 0. The molecule has 0 atom stereocenters. The minimum absolute atomic E-state index is 0.294. The number of fused-ring (bicyclic) bond motifs is 1. The minimum Gasteiger partial charge on any atom is -0.380 e. The summed E-state index contributed by atoms with van der Waals surface area (Å²) in [4.78, 5) is 4.48. The molecule has 0 saturated carbocycles. The third-order valence-electron chi connectivity index (χ3n) is 3.64. The molecule has 3 aromatic rings. The first-order valence-corrected chi connectivity index (χ1v) is 8.88. The largest absolute Gasteiger partial charge is 0.380 e. The van der Waals surface area contributed by atoms with Gasteiger partial charge in [-0.3, -0.25) is 14.0 Å². The standard InChI is InChI=1S/C15H18N6O3S/c1-16-14-7-13(12-9-18-21(2)15(12)19-14)17-8-10-3-5-11(6-4-10)20-25(22,23)24/h3-7,9,20H,8H2,1-2H3,(H2,16,17,19)(H,22,23,24). The first-order chi connectivity index (χ1) is 11.9. The van der Waals surface area contributed by atoms with E-state index >= 15 is 0 Å². The number of aryl methyl sites for hydroxylation is 1. The van der Waals surface area contributed by atoms with Crippen molar-refractivity contribution in [1.82, 2.24) is 14.8 Å². The van der Waals surface area contributed by atoms with Crippen LogP contribution in [0.1, 0.15) is 5.56 Å². The van der Waals surface area contributed by atoms with Gasteiger partial charge in [-0.15, -0.1) is 0 Å². The molecule has 1 aromatic carbocycles. The SMILES string of the molecule is CNc1cc(NCc2ccc(NS(=O)(=O)O)cc2)c2cnn(C)c2n1. The van der Waals surface area contributed by atoms with Gasteiger partial charge < -0.3 is 10.6 Å². The Hall–Kier alpha value is -2.85. The number of rotatable bonds is 6. The summed E-state index contributed by atoms with van der Waals surface area (Å²) in [5.74, 6) is 0.728. The lowest BCUT2D eigenvalue weighted by Crippen LogP contribution is -2.10. The smallest absolute Gasteiger partial charge is 0.357 e. The molecule has 0 radical (unpaired) electrons. The molecule has 0 spiro atoms. The molecular formula is C15H18N6O3S. The maximum atomic E-state index is 10.8. The van der Waals surface area contributed by atoms with Crippen molar-refractivity contribution in [2.75, 3.05) is 22.4 Å². The van der Waals surface area contributed by atoms with Gasteiger partial charge in [0.05, 0.1) is 23.0 Å². The number of hydrogen-bond acceptors (Lipinski definition) is 6. The fourth-order valence-electron chi connectivity index (χ4n) is 2.43. The number of anilines is 3. The maximum absolute atomic E-state index is 10.8. The first-order valence-electron chi connectivity index (χ1n) is 7.44. The summed E-state index contributed by atoms with van der Waals surface area (Å²) in [6.45, 7) is 0.531. The summed E-state index contributed by atoms with van der Waals surface area (Å²) < 4.78 is 34.1. The normalized spacial score (nSPS) is 11.5. The lowest BCUT2D eigenvalue weighted by molar-refractivity contribution is 0.489. The van der Waals surface area contributed by atoms with Gasteiger partial charge in [-0.25, -0.2) is 4.98 Å². The van der Waals surface area contributed by atoms with Gasteiger partial charge in [0.2, 0.25) is 0 Å². The Labute approximate surface area is 145 Å². The fourth-order valence-corrected chi connectivity index (χ4v) is 2.86. The molecule has 9 nitrogen and oxygen atoms in total. The number of pyridine rings is 1. The Bertz CT molecular complexity index is 998. The second-order valence-electron chi connectivity index (χ2n) is 5.44. The van der Waals surface area contributed by atoms with Crippen molar-refractivity contribution < 1.29 is 13.0 Å². The van der Waals surface area contributed by atoms with Gasteiger partial charge >= 0.3 is 10.3 Å². The molecule has 132 valence electrons. The minimum atomic E-state index is -4.26. The zero-order valence-electron chi connectivity index (χ0n) is 13.7. The van der Waals surface area contributed by atoms with Gasteiger partial charge in [0.25, 0.3) is 0 Å². The van der Waals surface area contributed by atoms with Crippen LogP contribution < -0.4 is 15.4 Å². The highest BCUT2D eigenvalue weighted by Crippen LogP contribution is 2.25. The zero-order valence-corrected chi connectivity index (χ0v) is 14.5. The van der Waals surface area contributed by atoms with E-state index in [1.807, 2.05) is 17.8 Å². The molecule has 0 unspecified atom stereocenters. The number of aromatic nitrogens is 3. The molecule has 0 bridgehead atoms. The summed E-state index contributed by atoms with van der Waals surface area (Å²) in [5, 5.41) is 11.5. The van der Waals surface area contributed by atoms with Crippen molar-refractivity contribution in [1.29, 1.82) is 0 Å².